The van der Waals surface area contributed by atoms with Crippen LogP contribution in [0.1, 0.15) is 16.1 Å². The second-order valence-electron chi connectivity index (χ2n) is 6.84. The molecule has 2 aromatic heterocycles. The van der Waals surface area contributed by atoms with E-state index in [9.17, 15) is 18.3 Å². The molecule has 0 spiro atoms. The van der Waals surface area contributed by atoms with Crippen LogP contribution in [-0.2, 0) is 10.0 Å². The second-order valence-corrected chi connectivity index (χ2v) is 8.96. The molecule has 2 aromatic carbocycles. The fourth-order valence-electron chi connectivity index (χ4n) is 2.93. The van der Waals surface area contributed by atoms with Gasteiger partial charge in [-0.1, -0.05) is 17.7 Å². The number of sulfonamides is 1. The average molecular weight is 457 g/mol. The number of halogens is 1. The van der Waals surface area contributed by atoms with E-state index in [2.05, 4.69) is 15.0 Å². The SMILES string of the molecule is Cc1ccn2cc(C(=O)Nc3cc(S(=O)(=O)Nc4cccc(Cl)c4)ccc3O)nc2c1. The molecule has 0 aliphatic rings. The average Bonchev–Trinajstić information content (AvgIpc) is 3.12. The minimum absolute atomic E-state index is 0.0628. The molecule has 0 aliphatic carbocycles. The Morgan fingerprint density at radius 1 is 1.13 bits per heavy atom. The number of phenolic OH excluding ortho intramolecular Hbond substituents is 1. The summed E-state index contributed by atoms with van der Waals surface area (Å²) in [4.78, 5) is 16.7. The number of benzene rings is 2. The van der Waals surface area contributed by atoms with Gasteiger partial charge in [0.1, 0.15) is 17.1 Å². The van der Waals surface area contributed by atoms with Crippen molar-refractivity contribution in [3.05, 3.63) is 83.3 Å². The highest BCUT2D eigenvalue weighted by Crippen LogP contribution is 2.28. The van der Waals surface area contributed by atoms with E-state index in [0.29, 0.717) is 10.7 Å². The topological polar surface area (TPSA) is 113 Å². The summed E-state index contributed by atoms with van der Waals surface area (Å²) in [7, 11) is -3.99. The van der Waals surface area contributed by atoms with E-state index in [1.807, 2.05) is 19.1 Å². The molecule has 0 fully saturated rings. The first-order chi connectivity index (χ1) is 14.7. The van der Waals surface area contributed by atoms with Gasteiger partial charge in [0.25, 0.3) is 15.9 Å². The number of amides is 1. The van der Waals surface area contributed by atoms with Gasteiger partial charge >= 0.3 is 0 Å². The molecule has 0 bridgehead atoms. The molecule has 4 aromatic rings. The van der Waals surface area contributed by atoms with Gasteiger partial charge in [-0.15, -0.1) is 0 Å². The van der Waals surface area contributed by atoms with E-state index in [4.69, 9.17) is 11.6 Å². The first kappa shape index (κ1) is 20.7. The van der Waals surface area contributed by atoms with Crippen molar-refractivity contribution in [1.29, 1.82) is 0 Å². The summed E-state index contributed by atoms with van der Waals surface area (Å²) < 4.78 is 29.5. The number of carbonyl (C=O) groups is 1. The van der Waals surface area contributed by atoms with Crippen molar-refractivity contribution < 1.29 is 18.3 Å². The van der Waals surface area contributed by atoms with Crippen molar-refractivity contribution >= 4 is 44.6 Å². The lowest BCUT2D eigenvalue weighted by Gasteiger charge is -2.11. The van der Waals surface area contributed by atoms with Crippen LogP contribution < -0.4 is 10.0 Å². The number of aromatic nitrogens is 2. The molecule has 0 unspecified atom stereocenters. The smallest absolute Gasteiger partial charge is 0.275 e. The summed E-state index contributed by atoms with van der Waals surface area (Å²) in [5, 5.41) is 13.0. The van der Waals surface area contributed by atoms with Crippen molar-refractivity contribution in [2.24, 2.45) is 0 Å². The summed E-state index contributed by atoms with van der Waals surface area (Å²) in [5.41, 5.74) is 1.93. The van der Waals surface area contributed by atoms with Crippen molar-refractivity contribution in [3.8, 4) is 5.75 Å². The molecule has 8 nitrogen and oxygen atoms in total. The van der Waals surface area contributed by atoms with Crippen molar-refractivity contribution in [1.82, 2.24) is 9.38 Å². The van der Waals surface area contributed by atoms with Gasteiger partial charge in [-0.2, -0.15) is 0 Å². The monoisotopic (exact) mass is 456 g/mol. The predicted octanol–water partition coefficient (Wildman–Crippen LogP) is 4.05. The number of hydrogen-bond acceptors (Lipinski definition) is 5. The molecule has 0 aliphatic heterocycles. The van der Waals surface area contributed by atoms with Crippen molar-refractivity contribution in [2.75, 3.05) is 10.0 Å². The maximum atomic E-state index is 12.7. The highest BCUT2D eigenvalue weighted by Gasteiger charge is 2.19. The van der Waals surface area contributed by atoms with E-state index in [0.717, 1.165) is 5.56 Å². The van der Waals surface area contributed by atoms with Crippen LogP contribution >= 0.6 is 11.6 Å². The summed E-state index contributed by atoms with van der Waals surface area (Å²) in [6, 6.07) is 13.5. The zero-order valence-electron chi connectivity index (χ0n) is 16.2. The summed E-state index contributed by atoms with van der Waals surface area (Å²) in [5.74, 6) is -0.872. The van der Waals surface area contributed by atoms with Gasteiger partial charge in [-0.25, -0.2) is 13.4 Å². The maximum Gasteiger partial charge on any atom is 0.275 e. The van der Waals surface area contributed by atoms with Crippen LogP contribution in [-0.4, -0.2) is 28.8 Å². The molecular formula is C21H17ClN4O4S. The number of carbonyl (C=O) groups excluding carboxylic acids is 1. The standard InChI is InChI=1S/C21H17ClN4O4S/c1-13-7-8-26-12-18(23-20(26)9-13)21(28)24-17-11-16(5-6-19(17)27)31(29,30)25-15-4-2-3-14(22)10-15/h2-12,25,27H,1H3,(H,24,28). The van der Waals surface area contributed by atoms with Crippen molar-refractivity contribution in [3.63, 3.8) is 0 Å². The Hall–Kier alpha value is -3.56. The lowest BCUT2D eigenvalue weighted by molar-refractivity contribution is 0.102. The molecular weight excluding hydrogens is 440 g/mol. The number of imidazole rings is 1. The quantitative estimate of drug-likeness (QED) is 0.392. The number of anilines is 2. The van der Waals surface area contributed by atoms with E-state index in [1.165, 1.54) is 24.3 Å². The first-order valence-electron chi connectivity index (χ1n) is 9.09. The fourth-order valence-corrected chi connectivity index (χ4v) is 4.19. The largest absolute Gasteiger partial charge is 0.506 e. The number of fused-ring (bicyclic) bond motifs is 1. The molecule has 0 saturated heterocycles. The van der Waals surface area contributed by atoms with Crippen LogP contribution in [0, 0.1) is 6.92 Å². The Morgan fingerprint density at radius 3 is 2.71 bits per heavy atom. The molecule has 158 valence electrons. The van der Waals surface area contributed by atoms with Gasteiger partial charge in [0.2, 0.25) is 0 Å². The highest BCUT2D eigenvalue weighted by molar-refractivity contribution is 7.92. The third kappa shape index (κ3) is 4.47. The first-order valence-corrected chi connectivity index (χ1v) is 11.0. The Labute approximate surface area is 183 Å². The second kappa shape index (κ2) is 7.93. The van der Waals surface area contributed by atoms with Gasteiger partial charge < -0.3 is 14.8 Å². The Balaban J connectivity index is 1.60. The van der Waals surface area contributed by atoms with E-state index in [-0.39, 0.29) is 27.7 Å². The molecule has 1 amide bonds. The molecule has 31 heavy (non-hydrogen) atoms. The zero-order valence-corrected chi connectivity index (χ0v) is 17.8. The molecule has 0 saturated carbocycles. The number of nitrogens with one attached hydrogen (secondary N) is 2. The molecule has 0 radical (unpaired) electrons. The third-order valence-electron chi connectivity index (χ3n) is 4.45. The third-order valence-corrected chi connectivity index (χ3v) is 6.07. The summed E-state index contributed by atoms with van der Waals surface area (Å²) in [6.07, 6.45) is 3.32. The minimum atomic E-state index is -3.99. The number of aryl methyl sites for hydroxylation is 1. The van der Waals surface area contributed by atoms with E-state index < -0.39 is 15.9 Å². The van der Waals surface area contributed by atoms with Crippen LogP contribution in [0.3, 0.4) is 0 Å². The number of hydrogen-bond donors (Lipinski definition) is 3. The molecule has 4 rings (SSSR count). The normalized spacial score (nSPS) is 11.4. The number of phenols is 1. The van der Waals surface area contributed by atoms with Gasteiger partial charge in [0, 0.05) is 17.4 Å². The number of rotatable bonds is 5. The minimum Gasteiger partial charge on any atom is -0.506 e. The molecule has 3 N–H and O–H groups in total. The van der Waals surface area contributed by atoms with Crippen LogP contribution in [0.4, 0.5) is 11.4 Å². The number of aromatic hydroxyl groups is 1. The summed E-state index contributed by atoms with van der Waals surface area (Å²) in [6.45, 7) is 1.91. The van der Waals surface area contributed by atoms with Crippen LogP contribution in [0.25, 0.3) is 5.65 Å². The lowest BCUT2D eigenvalue weighted by atomic mass is 10.3. The van der Waals surface area contributed by atoms with Crippen LogP contribution in [0.15, 0.2) is 71.9 Å². The van der Waals surface area contributed by atoms with Crippen LogP contribution in [0.2, 0.25) is 5.02 Å². The Kier molecular flexibility index (Phi) is 5.30. The van der Waals surface area contributed by atoms with Gasteiger partial charge in [-0.3, -0.25) is 9.52 Å². The number of pyridine rings is 1. The molecule has 2 heterocycles. The van der Waals surface area contributed by atoms with Gasteiger partial charge in [0.05, 0.1) is 16.3 Å². The van der Waals surface area contributed by atoms with Gasteiger partial charge in [0.15, 0.2) is 0 Å². The fraction of sp³-hybridized carbons (Fsp3) is 0.0476. The summed E-state index contributed by atoms with van der Waals surface area (Å²) >= 11 is 5.90. The number of nitrogens with zero attached hydrogens (tertiary/aromatic N) is 2. The maximum absolute atomic E-state index is 12.7. The van der Waals surface area contributed by atoms with Crippen molar-refractivity contribution in [2.45, 2.75) is 11.8 Å². The van der Waals surface area contributed by atoms with Crippen LogP contribution in [0.5, 0.6) is 5.75 Å². The predicted molar refractivity (Wildman–Crippen MR) is 118 cm³/mol. The molecule has 10 heteroatoms. The van der Waals surface area contributed by atoms with E-state index in [1.54, 1.807) is 35.0 Å². The van der Waals surface area contributed by atoms with E-state index >= 15 is 0 Å². The lowest BCUT2D eigenvalue weighted by Crippen LogP contribution is -2.15. The molecule has 0 atom stereocenters. The Morgan fingerprint density at radius 2 is 1.94 bits per heavy atom. The Bertz CT molecular complexity index is 1420. The highest BCUT2D eigenvalue weighted by atomic mass is 35.5. The van der Waals surface area contributed by atoms with Gasteiger partial charge in [-0.05, 0) is 61.0 Å². The zero-order chi connectivity index (χ0) is 22.2.